The van der Waals surface area contributed by atoms with Crippen molar-refractivity contribution in [3.63, 3.8) is 0 Å². The first-order chi connectivity index (χ1) is 5.79. The lowest BCUT2D eigenvalue weighted by molar-refractivity contribution is 0.0159. The Morgan fingerprint density at radius 2 is 2.25 bits per heavy atom. The van der Waals surface area contributed by atoms with Gasteiger partial charge in [0, 0.05) is 17.4 Å². The Balaban J connectivity index is 2.11. The van der Waals surface area contributed by atoms with E-state index < -0.39 is 0 Å². The summed E-state index contributed by atoms with van der Waals surface area (Å²) in [4.78, 5) is 0. The van der Waals surface area contributed by atoms with Crippen LogP contribution >= 0.6 is 15.9 Å². The number of halogens is 1. The zero-order chi connectivity index (χ0) is 8.60. The fourth-order valence-corrected chi connectivity index (χ4v) is 3.79. The zero-order valence-corrected chi connectivity index (χ0v) is 9.27. The lowest BCUT2D eigenvalue weighted by Gasteiger charge is -2.43. The Labute approximate surface area is 83.0 Å². The molecule has 2 rings (SSSR count). The van der Waals surface area contributed by atoms with Crippen LogP contribution < -0.4 is 0 Å². The number of rotatable bonds is 2. The standard InChI is InChI=1S/C10H17BrO/c1-8-10(7-11,5-6-12-8)9-3-2-4-9/h8-9H,2-7H2,1H3. The van der Waals surface area contributed by atoms with Gasteiger partial charge in [0.2, 0.25) is 0 Å². The number of hydrogen-bond acceptors (Lipinski definition) is 1. The Morgan fingerprint density at radius 1 is 1.50 bits per heavy atom. The second kappa shape index (κ2) is 3.30. The summed E-state index contributed by atoms with van der Waals surface area (Å²) >= 11 is 3.67. The maximum atomic E-state index is 5.69. The van der Waals surface area contributed by atoms with Crippen molar-refractivity contribution in [2.75, 3.05) is 11.9 Å². The van der Waals surface area contributed by atoms with Crippen LogP contribution in [0.1, 0.15) is 32.6 Å². The molecule has 0 spiro atoms. The summed E-state index contributed by atoms with van der Waals surface area (Å²) in [5.74, 6) is 0.939. The number of alkyl halides is 1. The molecule has 0 amide bonds. The van der Waals surface area contributed by atoms with Crippen LogP contribution in [0.5, 0.6) is 0 Å². The van der Waals surface area contributed by atoms with Gasteiger partial charge in [-0.25, -0.2) is 0 Å². The van der Waals surface area contributed by atoms with E-state index in [1.165, 1.54) is 25.7 Å². The van der Waals surface area contributed by atoms with E-state index in [-0.39, 0.29) is 0 Å². The highest BCUT2D eigenvalue weighted by Crippen LogP contribution is 2.51. The molecule has 70 valence electrons. The van der Waals surface area contributed by atoms with E-state index in [0.717, 1.165) is 17.9 Å². The van der Waals surface area contributed by atoms with Crippen LogP contribution in [0.25, 0.3) is 0 Å². The summed E-state index contributed by atoms with van der Waals surface area (Å²) in [6.07, 6.45) is 6.04. The molecule has 2 aliphatic rings. The lowest BCUT2D eigenvalue weighted by Crippen LogP contribution is -2.41. The summed E-state index contributed by atoms with van der Waals surface area (Å²) in [7, 11) is 0. The third kappa shape index (κ3) is 1.15. The molecule has 1 aliphatic carbocycles. The Hall–Kier alpha value is 0.440. The molecule has 0 radical (unpaired) electrons. The van der Waals surface area contributed by atoms with Crippen LogP contribution in [-0.2, 0) is 4.74 Å². The van der Waals surface area contributed by atoms with Crippen molar-refractivity contribution in [1.29, 1.82) is 0 Å². The van der Waals surface area contributed by atoms with Crippen LogP contribution in [0.4, 0.5) is 0 Å². The van der Waals surface area contributed by atoms with Gasteiger partial charge in [0.1, 0.15) is 0 Å². The molecule has 0 aromatic carbocycles. The zero-order valence-electron chi connectivity index (χ0n) is 7.68. The molecule has 1 nitrogen and oxygen atoms in total. The minimum absolute atomic E-state index is 0.474. The van der Waals surface area contributed by atoms with Crippen LogP contribution in [0, 0.1) is 11.3 Å². The first-order valence-electron chi connectivity index (χ1n) is 4.97. The molecule has 0 aromatic rings. The smallest absolute Gasteiger partial charge is 0.0614 e. The van der Waals surface area contributed by atoms with Crippen molar-refractivity contribution in [3.05, 3.63) is 0 Å². The van der Waals surface area contributed by atoms with Crippen molar-refractivity contribution in [2.24, 2.45) is 11.3 Å². The molecule has 2 unspecified atom stereocenters. The summed E-state index contributed by atoms with van der Waals surface area (Å²) in [5.41, 5.74) is 0.484. The van der Waals surface area contributed by atoms with Gasteiger partial charge in [-0.1, -0.05) is 22.4 Å². The first kappa shape index (κ1) is 9.01. The SMILES string of the molecule is CC1OCCC1(CBr)C1CCC1. The summed E-state index contributed by atoms with van der Waals surface area (Å²) in [5, 5.41) is 1.13. The summed E-state index contributed by atoms with van der Waals surface area (Å²) < 4.78 is 5.69. The molecule has 12 heavy (non-hydrogen) atoms. The van der Waals surface area contributed by atoms with E-state index in [9.17, 15) is 0 Å². The van der Waals surface area contributed by atoms with Gasteiger partial charge in [0.15, 0.2) is 0 Å². The molecule has 1 aliphatic heterocycles. The average Bonchev–Trinajstić information content (AvgIpc) is 2.30. The molecule has 1 saturated heterocycles. The number of hydrogen-bond donors (Lipinski definition) is 0. The molecule has 0 bridgehead atoms. The quantitative estimate of drug-likeness (QED) is 0.666. The van der Waals surface area contributed by atoms with E-state index in [4.69, 9.17) is 4.74 Å². The van der Waals surface area contributed by atoms with Gasteiger partial charge in [-0.2, -0.15) is 0 Å². The topological polar surface area (TPSA) is 9.23 Å². The summed E-state index contributed by atoms with van der Waals surface area (Å²) in [6.45, 7) is 3.22. The van der Waals surface area contributed by atoms with Gasteiger partial charge in [-0.05, 0) is 32.1 Å². The van der Waals surface area contributed by atoms with Gasteiger partial charge in [-0.3, -0.25) is 0 Å². The Kier molecular flexibility index (Phi) is 2.48. The van der Waals surface area contributed by atoms with E-state index >= 15 is 0 Å². The third-order valence-electron chi connectivity index (χ3n) is 3.91. The first-order valence-corrected chi connectivity index (χ1v) is 6.09. The molecule has 0 aromatic heterocycles. The number of ether oxygens (including phenoxy) is 1. The minimum Gasteiger partial charge on any atom is -0.378 e. The molecular formula is C10H17BrO. The van der Waals surface area contributed by atoms with E-state index in [1.54, 1.807) is 0 Å². The van der Waals surface area contributed by atoms with Crippen molar-refractivity contribution >= 4 is 15.9 Å². The van der Waals surface area contributed by atoms with E-state index in [2.05, 4.69) is 22.9 Å². The van der Waals surface area contributed by atoms with Crippen molar-refractivity contribution in [2.45, 2.75) is 38.7 Å². The lowest BCUT2D eigenvalue weighted by atomic mass is 9.63. The largest absolute Gasteiger partial charge is 0.378 e. The molecular weight excluding hydrogens is 216 g/mol. The van der Waals surface area contributed by atoms with E-state index in [0.29, 0.717) is 11.5 Å². The second-order valence-corrected chi connectivity index (χ2v) is 4.82. The van der Waals surface area contributed by atoms with E-state index in [1.807, 2.05) is 0 Å². The normalized spacial score (nSPS) is 43.0. The molecule has 2 fully saturated rings. The molecule has 2 heteroatoms. The fraction of sp³-hybridized carbons (Fsp3) is 1.00. The molecule has 1 saturated carbocycles. The molecule has 1 heterocycles. The van der Waals surface area contributed by atoms with Gasteiger partial charge in [0.05, 0.1) is 6.10 Å². The fourth-order valence-electron chi connectivity index (χ4n) is 2.60. The Bertz CT molecular complexity index is 167. The summed E-state index contributed by atoms with van der Waals surface area (Å²) in [6, 6.07) is 0. The molecule has 2 atom stereocenters. The van der Waals surface area contributed by atoms with Crippen LogP contribution in [0.3, 0.4) is 0 Å². The maximum Gasteiger partial charge on any atom is 0.0614 e. The predicted octanol–water partition coefficient (Wildman–Crippen LogP) is 2.98. The van der Waals surface area contributed by atoms with Gasteiger partial charge in [-0.15, -0.1) is 0 Å². The average molecular weight is 233 g/mol. The van der Waals surface area contributed by atoms with Crippen molar-refractivity contribution < 1.29 is 4.74 Å². The van der Waals surface area contributed by atoms with Crippen LogP contribution in [0.2, 0.25) is 0 Å². The van der Waals surface area contributed by atoms with Crippen LogP contribution in [0.15, 0.2) is 0 Å². The second-order valence-electron chi connectivity index (χ2n) is 4.26. The highest BCUT2D eigenvalue weighted by Gasteiger charge is 2.48. The van der Waals surface area contributed by atoms with Crippen LogP contribution in [-0.4, -0.2) is 18.0 Å². The van der Waals surface area contributed by atoms with Gasteiger partial charge in [0.25, 0.3) is 0 Å². The monoisotopic (exact) mass is 232 g/mol. The minimum atomic E-state index is 0.474. The van der Waals surface area contributed by atoms with Gasteiger partial charge < -0.3 is 4.74 Å². The molecule has 0 N–H and O–H groups in total. The van der Waals surface area contributed by atoms with Crippen molar-refractivity contribution in [3.8, 4) is 0 Å². The van der Waals surface area contributed by atoms with Crippen molar-refractivity contribution in [1.82, 2.24) is 0 Å². The highest BCUT2D eigenvalue weighted by molar-refractivity contribution is 9.09. The van der Waals surface area contributed by atoms with Gasteiger partial charge >= 0.3 is 0 Å². The predicted molar refractivity (Wildman–Crippen MR) is 53.6 cm³/mol. The Morgan fingerprint density at radius 3 is 2.58 bits per heavy atom. The maximum absolute atomic E-state index is 5.69. The third-order valence-corrected chi connectivity index (χ3v) is 4.96. The highest BCUT2D eigenvalue weighted by atomic mass is 79.9.